The standard InChI is InChI=1S/C13H13NOS3/c15-13(12-6-10(16)8-18-12)14(9-3-4-9)7-11-2-1-5-17-11/h1-2,5-6,8-9,16H,3-4,7H2. The van der Waals surface area contributed by atoms with Gasteiger partial charge in [0, 0.05) is 21.2 Å². The first-order valence-electron chi connectivity index (χ1n) is 5.85. The average Bonchev–Trinajstić information content (AvgIpc) is 2.88. The van der Waals surface area contributed by atoms with E-state index < -0.39 is 0 Å². The van der Waals surface area contributed by atoms with E-state index >= 15 is 0 Å². The molecule has 1 aliphatic carbocycles. The Balaban J connectivity index is 1.79. The SMILES string of the molecule is O=C(c1cc(S)cs1)N(Cc1cccs1)C1CC1. The van der Waals surface area contributed by atoms with Crippen molar-refractivity contribution in [3.05, 3.63) is 38.7 Å². The zero-order valence-corrected chi connectivity index (χ0v) is 12.2. The molecular weight excluding hydrogens is 282 g/mol. The van der Waals surface area contributed by atoms with Crippen LogP contribution in [0.2, 0.25) is 0 Å². The molecule has 1 amide bonds. The summed E-state index contributed by atoms with van der Waals surface area (Å²) >= 11 is 7.45. The Bertz CT molecular complexity index is 542. The Morgan fingerprint density at radius 1 is 1.44 bits per heavy atom. The number of nitrogens with zero attached hydrogens (tertiary/aromatic N) is 1. The minimum Gasteiger partial charge on any atom is -0.330 e. The number of carbonyl (C=O) groups is 1. The molecule has 0 aliphatic heterocycles. The molecule has 18 heavy (non-hydrogen) atoms. The van der Waals surface area contributed by atoms with Crippen LogP contribution in [0.1, 0.15) is 27.4 Å². The van der Waals surface area contributed by atoms with Crippen molar-refractivity contribution in [1.29, 1.82) is 0 Å². The molecule has 0 saturated heterocycles. The molecular formula is C13H13NOS3. The van der Waals surface area contributed by atoms with Crippen LogP contribution in [0.15, 0.2) is 33.9 Å². The predicted octanol–water partition coefficient (Wildman–Crippen LogP) is 3.90. The van der Waals surface area contributed by atoms with Crippen molar-refractivity contribution >= 4 is 41.2 Å². The van der Waals surface area contributed by atoms with Crippen LogP contribution in [0.5, 0.6) is 0 Å². The highest BCUT2D eigenvalue weighted by Crippen LogP contribution is 2.32. The van der Waals surface area contributed by atoms with Crippen LogP contribution in [0.4, 0.5) is 0 Å². The number of rotatable bonds is 4. The third kappa shape index (κ3) is 2.63. The Hall–Kier alpha value is -0.780. The molecule has 0 unspecified atom stereocenters. The summed E-state index contributed by atoms with van der Waals surface area (Å²) in [7, 11) is 0. The molecule has 1 fully saturated rings. The third-order valence-corrected chi connectivity index (χ3v) is 5.16. The maximum absolute atomic E-state index is 12.5. The monoisotopic (exact) mass is 295 g/mol. The minimum absolute atomic E-state index is 0.149. The molecule has 2 heterocycles. The Morgan fingerprint density at radius 3 is 2.83 bits per heavy atom. The summed E-state index contributed by atoms with van der Waals surface area (Å²) in [5.41, 5.74) is 0. The van der Waals surface area contributed by atoms with Gasteiger partial charge in [-0.1, -0.05) is 6.07 Å². The summed E-state index contributed by atoms with van der Waals surface area (Å²) in [5.74, 6) is 0.149. The minimum atomic E-state index is 0.149. The van der Waals surface area contributed by atoms with E-state index in [9.17, 15) is 4.79 Å². The van der Waals surface area contributed by atoms with Crippen LogP contribution in [-0.4, -0.2) is 16.8 Å². The van der Waals surface area contributed by atoms with Gasteiger partial charge >= 0.3 is 0 Å². The molecule has 3 rings (SSSR count). The van der Waals surface area contributed by atoms with Gasteiger partial charge in [0.15, 0.2) is 0 Å². The van der Waals surface area contributed by atoms with Crippen LogP contribution >= 0.6 is 35.3 Å². The van der Waals surface area contributed by atoms with E-state index in [1.165, 1.54) is 16.2 Å². The smallest absolute Gasteiger partial charge is 0.264 e. The lowest BCUT2D eigenvalue weighted by molar-refractivity contribution is 0.0736. The number of thiol groups is 1. The first-order valence-corrected chi connectivity index (χ1v) is 8.05. The van der Waals surface area contributed by atoms with E-state index in [2.05, 4.69) is 24.1 Å². The van der Waals surface area contributed by atoms with Crippen molar-refractivity contribution < 1.29 is 4.79 Å². The molecule has 0 aromatic carbocycles. The Labute approximate surface area is 120 Å². The summed E-state index contributed by atoms with van der Waals surface area (Å²) < 4.78 is 0. The van der Waals surface area contributed by atoms with Crippen molar-refractivity contribution in [2.24, 2.45) is 0 Å². The van der Waals surface area contributed by atoms with Crippen molar-refractivity contribution in [1.82, 2.24) is 4.90 Å². The lowest BCUT2D eigenvalue weighted by atomic mass is 10.3. The second-order valence-corrected chi connectivity index (χ2v) is 6.87. The highest BCUT2D eigenvalue weighted by atomic mass is 32.1. The number of amides is 1. The van der Waals surface area contributed by atoms with Gasteiger partial charge in [-0.25, -0.2) is 0 Å². The number of thiophene rings is 2. The van der Waals surface area contributed by atoms with Gasteiger partial charge in [0.1, 0.15) is 0 Å². The van der Waals surface area contributed by atoms with Gasteiger partial charge in [0.05, 0.1) is 11.4 Å². The van der Waals surface area contributed by atoms with Gasteiger partial charge in [-0.05, 0) is 30.4 Å². The van der Waals surface area contributed by atoms with Gasteiger partial charge in [-0.15, -0.1) is 35.3 Å². The topological polar surface area (TPSA) is 20.3 Å². The van der Waals surface area contributed by atoms with E-state index in [0.717, 1.165) is 29.2 Å². The van der Waals surface area contributed by atoms with Gasteiger partial charge in [-0.3, -0.25) is 4.79 Å². The zero-order valence-electron chi connectivity index (χ0n) is 9.70. The van der Waals surface area contributed by atoms with Crippen LogP contribution in [0.3, 0.4) is 0 Å². The van der Waals surface area contributed by atoms with Crippen LogP contribution in [0.25, 0.3) is 0 Å². The van der Waals surface area contributed by atoms with E-state index in [1.54, 1.807) is 11.3 Å². The summed E-state index contributed by atoms with van der Waals surface area (Å²) in [4.78, 5) is 17.4. The highest BCUT2D eigenvalue weighted by molar-refractivity contribution is 7.80. The molecule has 0 N–H and O–H groups in total. The Kier molecular flexibility index (Phi) is 3.46. The number of carbonyl (C=O) groups excluding carboxylic acids is 1. The zero-order chi connectivity index (χ0) is 12.5. The van der Waals surface area contributed by atoms with Gasteiger partial charge in [0.2, 0.25) is 0 Å². The van der Waals surface area contributed by atoms with Crippen LogP contribution in [-0.2, 0) is 6.54 Å². The second kappa shape index (κ2) is 5.07. The number of hydrogen-bond acceptors (Lipinski definition) is 4. The molecule has 0 spiro atoms. The summed E-state index contributed by atoms with van der Waals surface area (Å²) in [6.07, 6.45) is 2.27. The fraction of sp³-hybridized carbons (Fsp3) is 0.308. The average molecular weight is 295 g/mol. The molecule has 0 atom stereocenters. The van der Waals surface area contributed by atoms with Gasteiger partial charge in [-0.2, -0.15) is 0 Å². The molecule has 1 saturated carbocycles. The van der Waals surface area contributed by atoms with Crippen molar-refractivity contribution in [3.8, 4) is 0 Å². The third-order valence-electron chi connectivity index (χ3n) is 2.95. The predicted molar refractivity (Wildman–Crippen MR) is 78.8 cm³/mol. The Morgan fingerprint density at radius 2 is 2.28 bits per heavy atom. The van der Waals surface area contributed by atoms with E-state index in [0.29, 0.717) is 6.04 Å². The molecule has 2 nitrogen and oxygen atoms in total. The van der Waals surface area contributed by atoms with E-state index in [1.807, 2.05) is 22.4 Å². The van der Waals surface area contributed by atoms with Gasteiger partial charge < -0.3 is 4.90 Å². The molecule has 1 aliphatic rings. The van der Waals surface area contributed by atoms with E-state index in [-0.39, 0.29) is 5.91 Å². The van der Waals surface area contributed by atoms with Gasteiger partial charge in [0.25, 0.3) is 5.91 Å². The fourth-order valence-electron chi connectivity index (χ4n) is 1.90. The van der Waals surface area contributed by atoms with Crippen LogP contribution < -0.4 is 0 Å². The molecule has 2 aromatic heterocycles. The molecule has 5 heteroatoms. The number of hydrogen-bond donors (Lipinski definition) is 1. The summed E-state index contributed by atoms with van der Waals surface area (Å²) in [6.45, 7) is 0.737. The molecule has 94 valence electrons. The lowest BCUT2D eigenvalue weighted by Gasteiger charge is -2.20. The first-order chi connectivity index (χ1) is 8.74. The largest absolute Gasteiger partial charge is 0.330 e. The van der Waals surface area contributed by atoms with Crippen LogP contribution in [0, 0.1) is 0 Å². The van der Waals surface area contributed by atoms with Crippen molar-refractivity contribution in [2.75, 3.05) is 0 Å². The second-order valence-electron chi connectivity index (χ2n) is 4.41. The quantitative estimate of drug-likeness (QED) is 0.848. The lowest BCUT2D eigenvalue weighted by Crippen LogP contribution is -2.31. The fourth-order valence-corrected chi connectivity index (χ4v) is 3.71. The highest BCUT2D eigenvalue weighted by Gasteiger charge is 2.33. The van der Waals surface area contributed by atoms with Crippen molar-refractivity contribution in [2.45, 2.75) is 30.3 Å². The maximum atomic E-state index is 12.5. The normalized spacial score (nSPS) is 14.7. The summed E-state index contributed by atoms with van der Waals surface area (Å²) in [5, 5.41) is 3.97. The first kappa shape index (κ1) is 12.3. The summed E-state index contributed by atoms with van der Waals surface area (Å²) in [6, 6.07) is 6.42. The molecule has 0 radical (unpaired) electrons. The molecule has 0 bridgehead atoms. The van der Waals surface area contributed by atoms with E-state index in [4.69, 9.17) is 0 Å². The maximum Gasteiger partial charge on any atom is 0.264 e. The van der Waals surface area contributed by atoms with Crippen molar-refractivity contribution in [3.63, 3.8) is 0 Å². The molecule has 2 aromatic rings.